The van der Waals surface area contributed by atoms with Gasteiger partial charge in [-0.05, 0) is 42.8 Å². The summed E-state index contributed by atoms with van der Waals surface area (Å²) >= 11 is 0. The molecule has 1 aliphatic heterocycles. The maximum Gasteiger partial charge on any atom is 0.262 e. The summed E-state index contributed by atoms with van der Waals surface area (Å²) in [7, 11) is -3.54. The molecular weight excluding hydrogens is 396 g/mol. The first-order chi connectivity index (χ1) is 14.0. The maximum atomic E-state index is 12.2. The second kappa shape index (κ2) is 9.62. The molecule has 0 unspecified atom stereocenters. The van der Waals surface area contributed by atoms with E-state index < -0.39 is 10.0 Å². The Kier molecular flexibility index (Phi) is 6.95. The highest BCUT2D eigenvalue weighted by Gasteiger charge is 2.14. The number of fused-ring (bicyclic) bond motifs is 1. The normalized spacial score (nSPS) is 13.0. The van der Waals surface area contributed by atoms with E-state index in [-0.39, 0.29) is 17.4 Å². The van der Waals surface area contributed by atoms with Crippen LogP contribution in [0.1, 0.15) is 19.8 Å². The SMILES string of the molecule is CCCCNS(=O)(=O)c1ccc(OCC(=O)Nc2ccc3c(c2)OCCO3)cc1. The van der Waals surface area contributed by atoms with Crippen LogP contribution < -0.4 is 24.2 Å². The van der Waals surface area contributed by atoms with Gasteiger partial charge < -0.3 is 19.5 Å². The van der Waals surface area contributed by atoms with Crippen molar-refractivity contribution in [2.24, 2.45) is 0 Å². The van der Waals surface area contributed by atoms with Crippen molar-refractivity contribution < 1.29 is 27.4 Å². The molecule has 1 amide bonds. The van der Waals surface area contributed by atoms with Crippen LogP contribution in [0, 0.1) is 0 Å². The average molecular weight is 420 g/mol. The van der Waals surface area contributed by atoms with Crippen molar-refractivity contribution >= 4 is 21.6 Å². The molecule has 9 heteroatoms. The number of carbonyl (C=O) groups is 1. The number of carbonyl (C=O) groups excluding carboxylic acids is 1. The standard InChI is InChI=1S/C20H24N2O6S/c1-2-3-10-21-29(24,25)17-7-5-16(6-8-17)28-14-20(23)22-15-4-9-18-19(13-15)27-12-11-26-18/h4-9,13,21H,2-3,10-12,14H2,1H3,(H,22,23). The van der Waals surface area contributed by atoms with Gasteiger partial charge in [0.2, 0.25) is 10.0 Å². The molecule has 0 fully saturated rings. The summed E-state index contributed by atoms with van der Waals surface area (Å²) in [6.45, 7) is 3.14. The molecule has 0 bridgehead atoms. The van der Waals surface area contributed by atoms with E-state index in [9.17, 15) is 13.2 Å². The molecule has 0 saturated carbocycles. The Hall–Kier alpha value is -2.78. The van der Waals surface area contributed by atoms with Crippen LogP contribution in [0.2, 0.25) is 0 Å². The number of ether oxygens (including phenoxy) is 3. The van der Waals surface area contributed by atoms with Crippen LogP contribution in [-0.4, -0.2) is 40.7 Å². The average Bonchev–Trinajstić information content (AvgIpc) is 2.72. The molecule has 3 rings (SSSR count). The molecule has 2 N–H and O–H groups in total. The molecule has 1 heterocycles. The van der Waals surface area contributed by atoms with E-state index in [1.807, 2.05) is 6.92 Å². The Bertz CT molecular complexity index is 944. The summed E-state index contributed by atoms with van der Waals surface area (Å²) in [4.78, 5) is 12.3. The van der Waals surface area contributed by atoms with E-state index in [0.717, 1.165) is 12.8 Å². The number of rotatable bonds is 9. The minimum atomic E-state index is -3.54. The Morgan fingerprint density at radius 3 is 2.52 bits per heavy atom. The summed E-state index contributed by atoms with van der Waals surface area (Å²) in [5, 5.41) is 2.72. The van der Waals surface area contributed by atoms with Crippen molar-refractivity contribution in [1.82, 2.24) is 4.72 Å². The van der Waals surface area contributed by atoms with Crippen molar-refractivity contribution in [2.45, 2.75) is 24.7 Å². The third-order valence-corrected chi connectivity index (χ3v) is 5.63. The predicted octanol–water partition coefficient (Wildman–Crippen LogP) is 2.55. The minimum absolute atomic E-state index is 0.154. The van der Waals surface area contributed by atoms with Gasteiger partial charge in [-0.2, -0.15) is 0 Å². The zero-order chi connectivity index (χ0) is 20.7. The fourth-order valence-electron chi connectivity index (χ4n) is 2.65. The summed E-state index contributed by atoms with van der Waals surface area (Å²) in [6.07, 6.45) is 1.68. The summed E-state index contributed by atoms with van der Waals surface area (Å²) in [6, 6.07) is 11.1. The number of benzene rings is 2. The third-order valence-electron chi connectivity index (χ3n) is 4.15. The first-order valence-corrected chi connectivity index (χ1v) is 10.9. The quantitative estimate of drug-likeness (QED) is 0.605. The molecule has 29 heavy (non-hydrogen) atoms. The highest BCUT2D eigenvalue weighted by atomic mass is 32.2. The van der Waals surface area contributed by atoms with E-state index in [4.69, 9.17) is 14.2 Å². The van der Waals surface area contributed by atoms with E-state index in [2.05, 4.69) is 10.0 Å². The molecule has 0 radical (unpaired) electrons. The number of nitrogens with one attached hydrogen (secondary N) is 2. The lowest BCUT2D eigenvalue weighted by molar-refractivity contribution is -0.118. The predicted molar refractivity (Wildman–Crippen MR) is 108 cm³/mol. The first-order valence-electron chi connectivity index (χ1n) is 9.40. The second-order valence-electron chi connectivity index (χ2n) is 6.42. The summed E-state index contributed by atoms with van der Waals surface area (Å²) in [5.41, 5.74) is 0.572. The largest absolute Gasteiger partial charge is 0.486 e. The molecule has 2 aromatic carbocycles. The van der Waals surface area contributed by atoms with E-state index >= 15 is 0 Å². The second-order valence-corrected chi connectivity index (χ2v) is 8.18. The monoisotopic (exact) mass is 420 g/mol. The van der Waals surface area contributed by atoms with E-state index in [1.54, 1.807) is 18.2 Å². The number of unbranched alkanes of at least 4 members (excludes halogenated alkanes) is 1. The molecule has 1 aliphatic rings. The summed E-state index contributed by atoms with van der Waals surface area (Å²) in [5.74, 6) is 1.28. The lowest BCUT2D eigenvalue weighted by Crippen LogP contribution is -2.24. The van der Waals surface area contributed by atoms with Crippen LogP contribution in [0.3, 0.4) is 0 Å². The fraction of sp³-hybridized carbons (Fsp3) is 0.350. The zero-order valence-electron chi connectivity index (χ0n) is 16.1. The van der Waals surface area contributed by atoms with Crippen molar-refractivity contribution in [3.05, 3.63) is 42.5 Å². The highest BCUT2D eigenvalue weighted by Crippen LogP contribution is 2.32. The number of anilines is 1. The third kappa shape index (κ3) is 5.85. The Morgan fingerprint density at radius 1 is 1.07 bits per heavy atom. The van der Waals surface area contributed by atoms with Gasteiger partial charge in [-0.1, -0.05) is 13.3 Å². The number of amides is 1. The van der Waals surface area contributed by atoms with Crippen molar-refractivity contribution in [1.29, 1.82) is 0 Å². The number of hydrogen-bond donors (Lipinski definition) is 2. The summed E-state index contributed by atoms with van der Waals surface area (Å²) < 4.78 is 43.2. The minimum Gasteiger partial charge on any atom is -0.486 e. The Balaban J connectivity index is 1.51. The number of sulfonamides is 1. The maximum absolute atomic E-state index is 12.2. The van der Waals surface area contributed by atoms with Crippen LogP contribution in [0.25, 0.3) is 0 Å². The van der Waals surface area contributed by atoms with Crippen molar-refractivity contribution in [3.63, 3.8) is 0 Å². The fourth-order valence-corrected chi connectivity index (χ4v) is 3.72. The van der Waals surface area contributed by atoms with Gasteiger partial charge in [0.05, 0.1) is 4.90 Å². The van der Waals surface area contributed by atoms with E-state index in [1.165, 1.54) is 24.3 Å². The first kappa shape index (κ1) is 20.9. The van der Waals surface area contributed by atoms with Gasteiger partial charge in [-0.3, -0.25) is 4.79 Å². The highest BCUT2D eigenvalue weighted by molar-refractivity contribution is 7.89. The molecule has 0 spiro atoms. The zero-order valence-corrected chi connectivity index (χ0v) is 17.0. The molecular formula is C20H24N2O6S. The Labute approximate surface area is 170 Å². The van der Waals surface area contributed by atoms with Crippen LogP contribution in [0.4, 0.5) is 5.69 Å². The molecule has 156 valence electrons. The van der Waals surface area contributed by atoms with Gasteiger partial charge in [0.1, 0.15) is 19.0 Å². The topological polar surface area (TPSA) is 103 Å². The van der Waals surface area contributed by atoms with E-state index in [0.29, 0.717) is 42.7 Å². The molecule has 2 aromatic rings. The number of hydrogen-bond acceptors (Lipinski definition) is 6. The lowest BCUT2D eigenvalue weighted by atomic mass is 10.2. The lowest BCUT2D eigenvalue weighted by Gasteiger charge is -2.19. The molecule has 0 aliphatic carbocycles. The van der Waals surface area contributed by atoms with Gasteiger partial charge in [-0.15, -0.1) is 0 Å². The van der Waals surface area contributed by atoms with Crippen molar-refractivity contribution in [3.8, 4) is 17.2 Å². The van der Waals surface area contributed by atoms with Gasteiger partial charge in [0.15, 0.2) is 18.1 Å². The van der Waals surface area contributed by atoms with Crippen LogP contribution in [0.5, 0.6) is 17.2 Å². The van der Waals surface area contributed by atoms with Gasteiger partial charge >= 0.3 is 0 Å². The van der Waals surface area contributed by atoms with Crippen LogP contribution in [0.15, 0.2) is 47.4 Å². The van der Waals surface area contributed by atoms with Crippen LogP contribution in [-0.2, 0) is 14.8 Å². The Morgan fingerprint density at radius 2 is 1.79 bits per heavy atom. The van der Waals surface area contributed by atoms with Gasteiger partial charge in [0.25, 0.3) is 5.91 Å². The van der Waals surface area contributed by atoms with Gasteiger partial charge in [0, 0.05) is 18.3 Å². The van der Waals surface area contributed by atoms with Gasteiger partial charge in [-0.25, -0.2) is 13.1 Å². The van der Waals surface area contributed by atoms with Crippen molar-refractivity contribution in [2.75, 3.05) is 31.7 Å². The van der Waals surface area contributed by atoms with Crippen LogP contribution >= 0.6 is 0 Å². The smallest absolute Gasteiger partial charge is 0.262 e. The molecule has 8 nitrogen and oxygen atoms in total. The molecule has 0 saturated heterocycles. The molecule has 0 atom stereocenters. The molecule has 0 aromatic heterocycles.